The molecule has 0 aliphatic carbocycles. The topological polar surface area (TPSA) is 12.5 Å². The molecule has 0 fully saturated rings. The molecule has 0 saturated heterocycles. The van der Waals surface area contributed by atoms with Crippen LogP contribution < -0.4 is 0 Å². The molecule has 1 rings (SSSR count). The van der Waals surface area contributed by atoms with Gasteiger partial charge in [0, 0.05) is 13.1 Å². The molecule has 0 aromatic rings. The Bertz CT molecular complexity index is 90.5. The number of rotatable bonds is 1. The van der Waals surface area contributed by atoms with E-state index in [0.29, 0.717) is 0 Å². The fourth-order valence-corrected chi connectivity index (χ4v) is 0.701. The fourth-order valence-electron chi connectivity index (χ4n) is 0.701. The summed E-state index contributed by atoms with van der Waals surface area (Å²) in [5, 5.41) is 1.93. The van der Waals surface area contributed by atoms with Crippen molar-refractivity contribution in [1.29, 1.82) is 0 Å². The van der Waals surface area contributed by atoms with Gasteiger partial charge in [0.25, 0.3) is 0 Å². The van der Waals surface area contributed by atoms with Crippen molar-refractivity contribution in [1.82, 2.24) is 5.06 Å². The number of hydrogen-bond acceptors (Lipinski definition) is 2. The van der Waals surface area contributed by atoms with Gasteiger partial charge in [-0.25, -0.2) is 0 Å². The normalized spacial score (nSPS) is 20.6. The van der Waals surface area contributed by atoms with E-state index in [-0.39, 0.29) is 0 Å². The van der Waals surface area contributed by atoms with Crippen LogP contribution >= 0.6 is 0 Å². The molecule has 0 bridgehead atoms. The second-order valence-electron chi connectivity index (χ2n) is 1.79. The molecule has 1 aliphatic rings. The molecule has 0 saturated carbocycles. The Morgan fingerprint density at radius 2 is 2.62 bits per heavy atom. The van der Waals surface area contributed by atoms with Gasteiger partial charge in [-0.3, -0.25) is 0 Å². The van der Waals surface area contributed by atoms with Crippen LogP contribution in [0.3, 0.4) is 0 Å². The van der Waals surface area contributed by atoms with Crippen molar-refractivity contribution >= 4 is 0 Å². The van der Waals surface area contributed by atoms with E-state index in [1.54, 1.807) is 6.26 Å². The summed E-state index contributed by atoms with van der Waals surface area (Å²) in [6.45, 7) is 4.09. The zero-order chi connectivity index (χ0) is 5.82. The molecule has 46 valence electrons. The smallest absolute Gasteiger partial charge is 0.107 e. The summed E-state index contributed by atoms with van der Waals surface area (Å²) in [6, 6.07) is 0. The third-order valence-electron chi connectivity index (χ3n) is 1.20. The minimum atomic E-state index is 0.977. The van der Waals surface area contributed by atoms with Crippen LogP contribution in [0.2, 0.25) is 0 Å². The van der Waals surface area contributed by atoms with E-state index in [4.69, 9.17) is 4.84 Å². The van der Waals surface area contributed by atoms with Gasteiger partial charge in [0.05, 0.1) is 0 Å². The number of hydroxylamine groups is 2. The van der Waals surface area contributed by atoms with Gasteiger partial charge < -0.3 is 4.84 Å². The van der Waals surface area contributed by atoms with Crippen LogP contribution in [0.1, 0.15) is 13.3 Å². The van der Waals surface area contributed by atoms with Crippen LogP contribution in [0.15, 0.2) is 12.3 Å². The van der Waals surface area contributed by atoms with Crippen molar-refractivity contribution in [2.24, 2.45) is 0 Å². The van der Waals surface area contributed by atoms with Gasteiger partial charge in [0.1, 0.15) is 6.26 Å². The second-order valence-corrected chi connectivity index (χ2v) is 1.79. The van der Waals surface area contributed by atoms with E-state index in [9.17, 15) is 0 Å². The van der Waals surface area contributed by atoms with Crippen molar-refractivity contribution in [2.75, 3.05) is 13.1 Å². The molecule has 0 amide bonds. The quantitative estimate of drug-likeness (QED) is 0.506. The number of hydrogen-bond donors (Lipinski definition) is 0. The maximum atomic E-state index is 5.08. The van der Waals surface area contributed by atoms with Gasteiger partial charge in [-0.2, -0.15) is 0 Å². The molecule has 8 heavy (non-hydrogen) atoms. The first-order valence-corrected chi connectivity index (χ1v) is 3.00. The van der Waals surface area contributed by atoms with E-state index in [2.05, 4.69) is 6.92 Å². The third kappa shape index (κ3) is 1.23. The zero-order valence-electron chi connectivity index (χ0n) is 5.13. The van der Waals surface area contributed by atoms with Crippen LogP contribution in [0.25, 0.3) is 0 Å². The lowest BCUT2D eigenvalue weighted by atomic mass is 10.4. The summed E-state index contributed by atoms with van der Waals surface area (Å²) in [5.41, 5.74) is 0. The fraction of sp³-hybridized carbons (Fsp3) is 0.667. The van der Waals surface area contributed by atoms with E-state index >= 15 is 0 Å². The SMILES string of the molecule is CCN1CCC=CO1. The Morgan fingerprint density at radius 1 is 1.75 bits per heavy atom. The minimum absolute atomic E-state index is 0.977. The molecule has 0 atom stereocenters. The molecule has 0 aromatic heterocycles. The zero-order valence-corrected chi connectivity index (χ0v) is 5.13. The van der Waals surface area contributed by atoms with Crippen molar-refractivity contribution < 1.29 is 4.84 Å². The summed E-state index contributed by atoms with van der Waals surface area (Å²) in [7, 11) is 0. The predicted octanol–water partition coefficient (Wildman–Crippen LogP) is 1.16. The molecular formula is C6H11NO. The highest BCUT2D eigenvalue weighted by molar-refractivity contribution is 4.77. The van der Waals surface area contributed by atoms with Gasteiger partial charge >= 0.3 is 0 Å². The Kier molecular flexibility index (Phi) is 1.92. The standard InChI is InChI=1S/C6H11NO/c1-2-7-5-3-4-6-8-7/h4,6H,2-3,5H2,1H3. The Hall–Kier alpha value is -0.500. The van der Waals surface area contributed by atoms with Crippen LogP contribution in [-0.4, -0.2) is 18.2 Å². The Morgan fingerprint density at radius 3 is 3.00 bits per heavy atom. The van der Waals surface area contributed by atoms with Crippen molar-refractivity contribution in [3.05, 3.63) is 12.3 Å². The molecule has 0 unspecified atom stereocenters. The first kappa shape index (κ1) is 5.63. The molecule has 0 N–H and O–H groups in total. The highest BCUT2D eigenvalue weighted by Crippen LogP contribution is 2.00. The average molecular weight is 113 g/mol. The lowest BCUT2D eigenvalue weighted by Crippen LogP contribution is -2.24. The highest BCUT2D eigenvalue weighted by Gasteiger charge is 2.01. The molecule has 1 aliphatic heterocycles. The molecule has 2 nitrogen and oxygen atoms in total. The van der Waals surface area contributed by atoms with Gasteiger partial charge in [-0.15, -0.1) is 5.06 Å². The predicted molar refractivity (Wildman–Crippen MR) is 32.1 cm³/mol. The van der Waals surface area contributed by atoms with E-state index in [1.165, 1.54) is 0 Å². The molecule has 0 aromatic carbocycles. The molecule has 0 spiro atoms. The monoisotopic (exact) mass is 113 g/mol. The van der Waals surface area contributed by atoms with Crippen LogP contribution in [-0.2, 0) is 4.84 Å². The summed E-state index contributed by atoms with van der Waals surface area (Å²) < 4.78 is 0. The first-order chi connectivity index (χ1) is 3.93. The summed E-state index contributed by atoms with van der Waals surface area (Å²) in [5.74, 6) is 0. The summed E-state index contributed by atoms with van der Waals surface area (Å²) in [4.78, 5) is 5.08. The highest BCUT2D eigenvalue weighted by atomic mass is 16.7. The van der Waals surface area contributed by atoms with Crippen LogP contribution in [0, 0.1) is 0 Å². The minimum Gasteiger partial charge on any atom is -0.414 e. The first-order valence-electron chi connectivity index (χ1n) is 3.00. The van der Waals surface area contributed by atoms with Crippen molar-refractivity contribution in [3.63, 3.8) is 0 Å². The van der Waals surface area contributed by atoms with E-state index in [0.717, 1.165) is 19.5 Å². The third-order valence-corrected chi connectivity index (χ3v) is 1.20. The Labute approximate surface area is 49.7 Å². The maximum absolute atomic E-state index is 5.08. The maximum Gasteiger partial charge on any atom is 0.107 e. The lowest BCUT2D eigenvalue weighted by molar-refractivity contribution is -0.106. The van der Waals surface area contributed by atoms with Crippen LogP contribution in [0.5, 0.6) is 0 Å². The van der Waals surface area contributed by atoms with Gasteiger partial charge in [0.15, 0.2) is 0 Å². The van der Waals surface area contributed by atoms with Gasteiger partial charge in [0.2, 0.25) is 0 Å². The largest absolute Gasteiger partial charge is 0.414 e. The van der Waals surface area contributed by atoms with E-state index < -0.39 is 0 Å². The van der Waals surface area contributed by atoms with Crippen molar-refractivity contribution in [2.45, 2.75) is 13.3 Å². The van der Waals surface area contributed by atoms with Crippen LogP contribution in [0.4, 0.5) is 0 Å². The molecule has 0 radical (unpaired) electrons. The van der Waals surface area contributed by atoms with Gasteiger partial charge in [-0.1, -0.05) is 0 Å². The summed E-state index contributed by atoms with van der Waals surface area (Å²) >= 11 is 0. The van der Waals surface area contributed by atoms with E-state index in [1.807, 2.05) is 11.1 Å². The molecule has 2 heteroatoms. The molecular weight excluding hydrogens is 102 g/mol. The average Bonchev–Trinajstić information content (AvgIpc) is 1.90. The summed E-state index contributed by atoms with van der Waals surface area (Å²) in [6.07, 6.45) is 4.90. The van der Waals surface area contributed by atoms with Gasteiger partial charge in [-0.05, 0) is 19.4 Å². The second kappa shape index (κ2) is 2.72. The Balaban J connectivity index is 2.27. The van der Waals surface area contributed by atoms with Crippen molar-refractivity contribution in [3.8, 4) is 0 Å². The lowest BCUT2D eigenvalue weighted by Gasteiger charge is -2.20. The molecule has 1 heterocycles. The number of nitrogens with zero attached hydrogens (tertiary/aromatic N) is 1.